The van der Waals surface area contributed by atoms with Crippen LogP contribution in [0.5, 0.6) is 0 Å². The normalized spacial score (nSPS) is 10.8. The Hall–Kier alpha value is -2.39. The Morgan fingerprint density at radius 1 is 1.00 bits per heavy atom. The van der Waals surface area contributed by atoms with Crippen LogP contribution in [0.1, 0.15) is 17.5 Å². The van der Waals surface area contributed by atoms with Crippen LogP contribution in [0.4, 0.5) is 4.39 Å². The van der Waals surface area contributed by atoms with Gasteiger partial charge in [-0.3, -0.25) is 4.79 Å². The molecular formula is C21H19ClFNO. The van der Waals surface area contributed by atoms with Gasteiger partial charge in [0.25, 0.3) is 0 Å². The van der Waals surface area contributed by atoms with Crippen molar-refractivity contribution in [1.82, 2.24) is 5.32 Å². The van der Waals surface area contributed by atoms with Crippen LogP contribution >= 0.6 is 11.6 Å². The van der Waals surface area contributed by atoms with Crippen molar-refractivity contribution >= 4 is 28.3 Å². The Labute approximate surface area is 151 Å². The average Bonchev–Trinajstić information content (AvgIpc) is 2.61. The minimum atomic E-state index is -0.446. The summed E-state index contributed by atoms with van der Waals surface area (Å²) >= 11 is 5.72. The standard InChI is InChI=1S/C21H19ClFNO/c22-18-11-10-17(20(23)14-18)13-21(25)24-12-4-8-16-7-3-6-15-5-1-2-9-19(15)16/h1-3,5-7,9-11,14H,4,8,12-13H2,(H,24,25). The van der Waals surface area contributed by atoms with E-state index >= 15 is 0 Å². The highest BCUT2D eigenvalue weighted by atomic mass is 35.5. The minimum absolute atomic E-state index is 0.0251. The molecule has 3 rings (SSSR count). The number of hydrogen-bond donors (Lipinski definition) is 1. The molecule has 0 saturated heterocycles. The van der Waals surface area contributed by atoms with Crippen LogP contribution in [0, 0.1) is 5.82 Å². The van der Waals surface area contributed by atoms with Gasteiger partial charge in [-0.2, -0.15) is 0 Å². The highest BCUT2D eigenvalue weighted by molar-refractivity contribution is 6.30. The van der Waals surface area contributed by atoms with Crippen LogP contribution in [0.25, 0.3) is 10.8 Å². The molecular weight excluding hydrogens is 337 g/mol. The first-order valence-electron chi connectivity index (χ1n) is 8.31. The van der Waals surface area contributed by atoms with Gasteiger partial charge in [-0.05, 0) is 46.9 Å². The maximum absolute atomic E-state index is 13.7. The number of amides is 1. The predicted octanol–water partition coefficient (Wildman–Crippen LogP) is 4.92. The highest BCUT2D eigenvalue weighted by Crippen LogP contribution is 2.19. The predicted molar refractivity (Wildman–Crippen MR) is 100 cm³/mol. The van der Waals surface area contributed by atoms with Crippen molar-refractivity contribution in [3.05, 3.63) is 82.6 Å². The van der Waals surface area contributed by atoms with Gasteiger partial charge in [0.05, 0.1) is 6.42 Å². The van der Waals surface area contributed by atoms with E-state index in [0.29, 0.717) is 17.1 Å². The first-order valence-corrected chi connectivity index (χ1v) is 8.68. The molecule has 0 atom stereocenters. The topological polar surface area (TPSA) is 29.1 Å². The summed E-state index contributed by atoms with van der Waals surface area (Å²) in [7, 11) is 0. The SMILES string of the molecule is O=C(Cc1ccc(Cl)cc1F)NCCCc1cccc2ccccc12. The largest absolute Gasteiger partial charge is 0.356 e. The van der Waals surface area contributed by atoms with Crippen LogP contribution in [0.15, 0.2) is 60.7 Å². The van der Waals surface area contributed by atoms with E-state index < -0.39 is 5.82 Å². The number of halogens is 2. The molecule has 0 aromatic heterocycles. The zero-order valence-corrected chi connectivity index (χ0v) is 14.5. The minimum Gasteiger partial charge on any atom is -0.356 e. The van der Waals surface area contributed by atoms with E-state index in [0.717, 1.165) is 12.8 Å². The monoisotopic (exact) mass is 355 g/mol. The van der Waals surface area contributed by atoms with Crippen molar-refractivity contribution in [1.29, 1.82) is 0 Å². The average molecular weight is 356 g/mol. The molecule has 2 nitrogen and oxygen atoms in total. The fourth-order valence-corrected chi connectivity index (χ4v) is 3.08. The van der Waals surface area contributed by atoms with Crippen LogP contribution in [0.2, 0.25) is 5.02 Å². The van der Waals surface area contributed by atoms with Gasteiger partial charge in [0.1, 0.15) is 5.82 Å². The Morgan fingerprint density at radius 2 is 1.80 bits per heavy atom. The molecule has 0 aliphatic heterocycles. The zero-order chi connectivity index (χ0) is 17.6. The Morgan fingerprint density at radius 3 is 2.64 bits per heavy atom. The molecule has 1 N–H and O–H groups in total. The van der Waals surface area contributed by atoms with Crippen molar-refractivity contribution in [3.63, 3.8) is 0 Å². The Balaban J connectivity index is 1.50. The number of rotatable bonds is 6. The Bertz CT molecular complexity index is 889. The molecule has 0 heterocycles. The van der Waals surface area contributed by atoms with Gasteiger partial charge in [-0.15, -0.1) is 0 Å². The summed E-state index contributed by atoms with van der Waals surface area (Å²) in [5, 5.41) is 5.66. The molecule has 0 bridgehead atoms. The number of fused-ring (bicyclic) bond motifs is 1. The van der Waals surface area contributed by atoms with E-state index in [-0.39, 0.29) is 12.3 Å². The molecule has 0 saturated carbocycles. The van der Waals surface area contributed by atoms with E-state index in [9.17, 15) is 9.18 Å². The molecule has 3 aromatic rings. The molecule has 0 unspecified atom stereocenters. The van der Waals surface area contributed by atoms with Crippen molar-refractivity contribution in [2.24, 2.45) is 0 Å². The lowest BCUT2D eigenvalue weighted by atomic mass is 10.0. The van der Waals surface area contributed by atoms with E-state index in [1.54, 1.807) is 12.1 Å². The number of hydrogen-bond acceptors (Lipinski definition) is 1. The number of nitrogens with one attached hydrogen (secondary N) is 1. The number of carbonyl (C=O) groups is 1. The molecule has 0 spiro atoms. The van der Waals surface area contributed by atoms with Gasteiger partial charge in [0.15, 0.2) is 0 Å². The van der Waals surface area contributed by atoms with Crippen molar-refractivity contribution in [2.75, 3.05) is 6.54 Å². The van der Waals surface area contributed by atoms with E-state index in [1.165, 1.54) is 22.4 Å². The third-order valence-corrected chi connectivity index (χ3v) is 4.43. The van der Waals surface area contributed by atoms with Gasteiger partial charge >= 0.3 is 0 Å². The summed E-state index contributed by atoms with van der Waals surface area (Å²) in [5.74, 6) is -0.627. The smallest absolute Gasteiger partial charge is 0.224 e. The summed E-state index contributed by atoms with van der Waals surface area (Å²) in [5.41, 5.74) is 1.63. The molecule has 4 heteroatoms. The quantitative estimate of drug-likeness (QED) is 0.624. The molecule has 128 valence electrons. The van der Waals surface area contributed by atoms with E-state index in [1.807, 2.05) is 12.1 Å². The third kappa shape index (κ3) is 4.58. The summed E-state index contributed by atoms with van der Waals surface area (Å²) in [6.07, 6.45) is 1.75. The molecule has 25 heavy (non-hydrogen) atoms. The lowest BCUT2D eigenvalue weighted by Crippen LogP contribution is -2.26. The van der Waals surface area contributed by atoms with Gasteiger partial charge < -0.3 is 5.32 Å². The fourth-order valence-electron chi connectivity index (χ4n) is 2.92. The van der Waals surface area contributed by atoms with Gasteiger partial charge in [-0.25, -0.2) is 4.39 Å². The second-order valence-corrected chi connectivity index (χ2v) is 6.44. The number of benzene rings is 3. The molecule has 0 radical (unpaired) electrons. The fraction of sp³-hybridized carbons (Fsp3) is 0.190. The highest BCUT2D eigenvalue weighted by Gasteiger charge is 2.08. The van der Waals surface area contributed by atoms with Gasteiger partial charge in [-0.1, -0.05) is 60.1 Å². The molecule has 0 aliphatic carbocycles. The van der Waals surface area contributed by atoms with E-state index in [2.05, 4.69) is 35.6 Å². The van der Waals surface area contributed by atoms with Crippen LogP contribution in [-0.4, -0.2) is 12.5 Å². The second kappa shape index (κ2) is 8.13. The van der Waals surface area contributed by atoms with Crippen LogP contribution < -0.4 is 5.32 Å². The lowest BCUT2D eigenvalue weighted by molar-refractivity contribution is -0.120. The second-order valence-electron chi connectivity index (χ2n) is 6.00. The summed E-state index contributed by atoms with van der Waals surface area (Å²) < 4.78 is 13.7. The zero-order valence-electron chi connectivity index (χ0n) is 13.8. The summed E-state index contributed by atoms with van der Waals surface area (Å²) in [6, 6.07) is 18.9. The lowest BCUT2D eigenvalue weighted by Gasteiger charge is -2.08. The maximum atomic E-state index is 13.7. The number of aryl methyl sites for hydroxylation is 1. The first-order chi connectivity index (χ1) is 12.1. The van der Waals surface area contributed by atoms with Crippen molar-refractivity contribution < 1.29 is 9.18 Å². The summed E-state index contributed by atoms with van der Waals surface area (Å²) in [4.78, 5) is 12.0. The van der Waals surface area contributed by atoms with E-state index in [4.69, 9.17) is 11.6 Å². The molecule has 1 amide bonds. The van der Waals surface area contributed by atoms with Crippen molar-refractivity contribution in [3.8, 4) is 0 Å². The molecule has 0 fully saturated rings. The van der Waals surface area contributed by atoms with Crippen LogP contribution in [-0.2, 0) is 17.6 Å². The van der Waals surface area contributed by atoms with Gasteiger partial charge in [0.2, 0.25) is 5.91 Å². The molecule has 0 aliphatic rings. The Kier molecular flexibility index (Phi) is 5.67. The third-order valence-electron chi connectivity index (χ3n) is 4.19. The van der Waals surface area contributed by atoms with Crippen molar-refractivity contribution in [2.45, 2.75) is 19.3 Å². The van der Waals surface area contributed by atoms with Crippen LogP contribution in [0.3, 0.4) is 0 Å². The number of carbonyl (C=O) groups excluding carboxylic acids is 1. The maximum Gasteiger partial charge on any atom is 0.224 e. The molecule has 3 aromatic carbocycles. The summed E-state index contributed by atoms with van der Waals surface area (Å²) in [6.45, 7) is 0.567. The first kappa shape index (κ1) is 17.4. The van der Waals surface area contributed by atoms with Gasteiger partial charge in [0, 0.05) is 11.6 Å².